The second kappa shape index (κ2) is 5.87. The van der Waals surface area contributed by atoms with Gasteiger partial charge in [-0.05, 0) is 35.7 Å². The molecule has 0 fully saturated rings. The van der Waals surface area contributed by atoms with E-state index in [1.165, 1.54) is 0 Å². The van der Waals surface area contributed by atoms with Gasteiger partial charge < -0.3 is 5.11 Å². The van der Waals surface area contributed by atoms with Gasteiger partial charge in [0.25, 0.3) is 0 Å². The largest absolute Gasteiger partial charge is 0.388 e. The van der Waals surface area contributed by atoms with E-state index in [4.69, 9.17) is 11.6 Å². The summed E-state index contributed by atoms with van der Waals surface area (Å²) in [5.74, 6) is 0. The lowest BCUT2D eigenvalue weighted by atomic mass is 10.00. The first-order valence-electron chi connectivity index (χ1n) is 5.75. The summed E-state index contributed by atoms with van der Waals surface area (Å²) < 4.78 is 0.978. The predicted molar refractivity (Wildman–Crippen MR) is 79.0 cm³/mol. The summed E-state index contributed by atoms with van der Waals surface area (Å²) in [7, 11) is 0. The molecule has 0 aliphatic carbocycles. The van der Waals surface area contributed by atoms with Crippen molar-refractivity contribution in [2.45, 2.75) is 19.4 Å². The molecule has 2 aromatic rings. The third-order valence-corrected chi connectivity index (χ3v) is 4.26. The number of aryl methyl sites for hydroxylation is 1. The normalized spacial score (nSPS) is 12.4. The van der Waals surface area contributed by atoms with Crippen molar-refractivity contribution in [3.8, 4) is 0 Å². The molecule has 0 bridgehead atoms. The number of hydrogen-bond acceptors (Lipinski definition) is 1. The Morgan fingerprint density at radius 2 is 1.83 bits per heavy atom. The molecule has 0 aromatic heterocycles. The topological polar surface area (TPSA) is 20.2 Å². The molecule has 3 heteroatoms. The molecule has 0 radical (unpaired) electrons. The van der Waals surface area contributed by atoms with Crippen LogP contribution in [0, 0.1) is 6.92 Å². The highest BCUT2D eigenvalue weighted by Crippen LogP contribution is 2.28. The molecule has 0 aliphatic heterocycles. The summed E-state index contributed by atoms with van der Waals surface area (Å²) in [5.41, 5.74) is 3.12. The Balaban J connectivity index is 2.19. The lowest BCUT2D eigenvalue weighted by Crippen LogP contribution is -2.03. The van der Waals surface area contributed by atoms with E-state index in [9.17, 15) is 5.11 Å². The van der Waals surface area contributed by atoms with E-state index in [1.807, 2.05) is 49.4 Å². The minimum absolute atomic E-state index is 0.513. The molecule has 1 atom stereocenters. The zero-order valence-electron chi connectivity index (χ0n) is 10.0. The summed E-state index contributed by atoms with van der Waals surface area (Å²) in [6, 6.07) is 13.5. The summed E-state index contributed by atoms with van der Waals surface area (Å²) >= 11 is 9.37. The molecule has 94 valence electrons. The van der Waals surface area contributed by atoms with Gasteiger partial charge in [-0.2, -0.15) is 0 Å². The molecule has 18 heavy (non-hydrogen) atoms. The Bertz CT molecular complexity index is 537. The smallest absolute Gasteiger partial charge is 0.0841 e. The number of hydrogen-bond donors (Lipinski definition) is 1. The Kier molecular flexibility index (Phi) is 4.44. The van der Waals surface area contributed by atoms with Crippen molar-refractivity contribution in [3.05, 3.63) is 68.7 Å². The maximum absolute atomic E-state index is 10.3. The quantitative estimate of drug-likeness (QED) is 0.868. The fourth-order valence-electron chi connectivity index (χ4n) is 1.88. The average molecular weight is 326 g/mol. The van der Waals surface area contributed by atoms with Gasteiger partial charge in [-0.15, -0.1) is 0 Å². The van der Waals surface area contributed by atoms with Crippen LogP contribution in [0.3, 0.4) is 0 Å². The van der Waals surface area contributed by atoms with Gasteiger partial charge in [0.2, 0.25) is 0 Å². The third-order valence-electron chi connectivity index (χ3n) is 2.92. The number of aliphatic hydroxyl groups excluding tert-OH is 1. The second-order valence-corrected chi connectivity index (χ2v) is 5.55. The van der Waals surface area contributed by atoms with Crippen LogP contribution in [0.2, 0.25) is 5.02 Å². The minimum atomic E-state index is -0.513. The van der Waals surface area contributed by atoms with Gasteiger partial charge in [-0.3, -0.25) is 0 Å². The van der Waals surface area contributed by atoms with Gasteiger partial charge >= 0.3 is 0 Å². The molecular weight excluding hydrogens is 312 g/mol. The molecule has 0 spiro atoms. The van der Waals surface area contributed by atoms with Crippen molar-refractivity contribution in [3.63, 3.8) is 0 Å². The molecule has 0 saturated heterocycles. The maximum atomic E-state index is 10.3. The molecule has 1 nitrogen and oxygen atoms in total. The lowest BCUT2D eigenvalue weighted by Gasteiger charge is -2.14. The Labute approximate surface area is 121 Å². The zero-order valence-corrected chi connectivity index (χ0v) is 12.4. The van der Waals surface area contributed by atoms with Crippen LogP contribution in [0.5, 0.6) is 0 Å². The van der Waals surface area contributed by atoms with Gasteiger partial charge in [0.1, 0.15) is 0 Å². The van der Waals surface area contributed by atoms with Gasteiger partial charge in [0.15, 0.2) is 0 Å². The van der Waals surface area contributed by atoms with Gasteiger partial charge in [-0.1, -0.05) is 57.9 Å². The van der Waals surface area contributed by atoms with Crippen molar-refractivity contribution in [1.29, 1.82) is 0 Å². The highest BCUT2D eigenvalue weighted by atomic mass is 79.9. The number of aliphatic hydroxyl groups is 1. The molecule has 2 rings (SSSR count). The first kappa shape index (κ1) is 13.6. The molecule has 1 N–H and O–H groups in total. The molecule has 0 amide bonds. The molecular formula is C15H14BrClO. The summed E-state index contributed by atoms with van der Waals surface area (Å²) in [4.78, 5) is 0. The summed E-state index contributed by atoms with van der Waals surface area (Å²) in [6.45, 7) is 2.02. The summed E-state index contributed by atoms with van der Waals surface area (Å²) in [6.07, 6.45) is 0.0691. The molecule has 0 aliphatic rings. The van der Waals surface area contributed by atoms with Crippen LogP contribution in [0.15, 0.2) is 46.9 Å². The van der Waals surface area contributed by atoms with Crippen molar-refractivity contribution < 1.29 is 5.11 Å². The van der Waals surface area contributed by atoms with E-state index in [1.54, 1.807) is 0 Å². The van der Waals surface area contributed by atoms with Crippen LogP contribution in [-0.4, -0.2) is 5.11 Å². The molecule has 2 aromatic carbocycles. The first-order chi connectivity index (χ1) is 8.58. The van der Waals surface area contributed by atoms with Crippen LogP contribution in [0.1, 0.15) is 22.8 Å². The van der Waals surface area contributed by atoms with Crippen LogP contribution in [-0.2, 0) is 6.42 Å². The Morgan fingerprint density at radius 1 is 1.17 bits per heavy atom. The SMILES string of the molecule is Cc1cccc(C(O)Cc2ccc(Cl)cc2)c1Br. The monoisotopic (exact) mass is 324 g/mol. The van der Waals surface area contributed by atoms with E-state index in [0.29, 0.717) is 11.4 Å². The minimum Gasteiger partial charge on any atom is -0.388 e. The van der Waals surface area contributed by atoms with E-state index >= 15 is 0 Å². The number of benzene rings is 2. The van der Waals surface area contributed by atoms with Gasteiger partial charge in [0, 0.05) is 15.9 Å². The van der Waals surface area contributed by atoms with Crippen LogP contribution < -0.4 is 0 Å². The molecule has 0 saturated carbocycles. The fourth-order valence-corrected chi connectivity index (χ4v) is 2.54. The van der Waals surface area contributed by atoms with Crippen molar-refractivity contribution in [2.24, 2.45) is 0 Å². The lowest BCUT2D eigenvalue weighted by molar-refractivity contribution is 0.177. The highest BCUT2D eigenvalue weighted by Gasteiger charge is 2.13. The van der Waals surface area contributed by atoms with Crippen LogP contribution in [0.25, 0.3) is 0 Å². The van der Waals surface area contributed by atoms with E-state index in [0.717, 1.165) is 21.2 Å². The van der Waals surface area contributed by atoms with Crippen LogP contribution in [0.4, 0.5) is 0 Å². The van der Waals surface area contributed by atoms with Crippen LogP contribution >= 0.6 is 27.5 Å². The number of halogens is 2. The average Bonchev–Trinajstić information content (AvgIpc) is 2.35. The fraction of sp³-hybridized carbons (Fsp3) is 0.200. The van der Waals surface area contributed by atoms with Crippen molar-refractivity contribution in [1.82, 2.24) is 0 Å². The van der Waals surface area contributed by atoms with Crippen molar-refractivity contribution >= 4 is 27.5 Å². The second-order valence-electron chi connectivity index (χ2n) is 4.32. The zero-order chi connectivity index (χ0) is 13.1. The molecule has 1 unspecified atom stereocenters. The predicted octanol–water partition coefficient (Wildman–Crippen LogP) is 4.69. The molecule has 0 heterocycles. The van der Waals surface area contributed by atoms with E-state index in [-0.39, 0.29) is 0 Å². The third kappa shape index (κ3) is 3.14. The standard InChI is InChI=1S/C15H14BrClO/c1-10-3-2-4-13(15(10)16)14(18)9-11-5-7-12(17)8-6-11/h2-8,14,18H,9H2,1H3. The van der Waals surface area contributed by atoms with E-state index in [2.05, 4.69) is 15.9 Å². The Hall–Kier alpha value is -0.830. The van der Waals surface area contributed by atoms with Crippen molar-refractivity contribution in [2.75, 3.05) is 0 Å². The Morgan fingerprint density at radius 3 is 2.50 bits per heavy atom. The summed E-state index contributed by atoms with van der Waals surface area (Å²) in [5, 5.41) is 11.0. The van der Waals surface area contributed by atoms with E-state index < -0.39 is 6.10 Å². The highest BCUT2D eigenvalue weighted by molar-refractivity contribution is 9.10. The van der Waals surface area contributed by atoms with Gasteiger partial charge in [-0.25, -0.2) is 0 Å². The van der Waals surface area contributed by atoms with Gasteiger partial charge in [0.05, 0.1) is 6.10 Å². The maximum Gasteiger partial charge on any atom is 0.0841 e. The first-order valence-corrected chi connectivity index (χ1v) is 6.92. The number of rotatable bonds is 3.